The van der Waals surface area contributed by atoms with Crippen LogP contribution in [0.15, 0.2) is 4.34 Å². The van der Waals surface area contributed by atoms with Crippen LogP contribution in [0.25, 0.3) is 0 Å². The maximum atomic E-state index is 11.6. The van der Waals surface area contributed by atoms with E-state index in [-0.39, 0.29) is 0 Å². The molecule has 7 nitrogen and oxygen atoms in total. The largest absolute Gasteiger partial charge is 0.453 e. The zero-order valence-corrected chi connectivity index (χ0v) is 13.3. The van der Waals surface area contributed by atoms with Crippen LogP contribution >= 0.6 is 23.1 Å². The van der Waals surface area contributed by atoms with Crippen LogP contribution in [-0.2, 0) is 9.53 Å². The van der Waals surface area contributed by atoms with Gasteiger partial charge in [-0.05, 0) is 13.3 Å². The Balaban J connectivity index is 2.43. The Morgan fingerprint density at radius 3 is 2.85 bits per heavy atom. The van der Waals surface area contributed by atoms with Crippen LogP contribution in [0.4, 0.5) is 9.93 Å². The lowest BCUT2D eigenvalue weighted by Crippen LogP contribution is -2.35. The Bertz CT molecular complexity index is 453. The smallest absolute Gasteiger partial charge is 0.413 e. The molecule has 0 aliphatic carbocycles. The van der Waals surface area contributed by atoms with Gasteiger partial charge in [0.15, 0.2) is 4.34 Å². The van der Waals surface area contributed by atoms with Crippen LogP contribution < -0.4 is 10.6 Å². The molecule has 0 aliphatic rings. The van der Waals surface area contributed by atoms with E-state index in [1.165, 1.54) is 30.2 Å². The summed E-state index contributed by atoms with van der Waals surface area (Å²) in [6.07, 6.45) is 1.42. The highest BCUT2D eigenvalue weighted by Crippen LogP contribution is 2.28. The number of unbranched alkanes of at least 4 members (excludes halogenated alkanes) is 1. The monoisotopic (exact) mass is 318 g/mol. The molecule has 1 heterocycles. The third-order valence-corrected chi connectivity index (χ3v) is 4.34. The molecule has 1 aromatic rings. The molecule has 20 heavy (non-hydrogen) atoms. The number of hydrogen-bond acceptors (Lipinski definition) is 8. The lowest BCUT2D eigenvalue weighted by atomic mass is 10.3. The highest BCUT2D eigenvalue weighted by molar-refractivity contribution is 8.02. The van der Waals surface area contributed by atoms with E-state index >= 15 is 0 Å². The lowest BCUT2D eigenvalue weighted by Gasteiger charge is -2.07. The SMILES string of the molecule is CCCCNc1nnc(S[C@H](C)C(=O)NC(=O)OC)s1. The van der Waals surface area contributed by atoms with E-state index in [2.05, 4.69) is 32.5 Å². The van der Waals surface area contributed by atoms with Crippen LogP contribution in [0, 0.1) is 0 Å². The average Bonchev–Trinajstić information content (AvgIpc) is 2.86. The molecule has 0 fully saturated rings. The summed E-state index contributed by atoms with van der Waals surface area (Å²) in [5.41, 5.74) is 0. The normalized spacial score (nSPS) is 11.8. The molecule has 0 saturated carbocycles. The predicted octanol–water partition coefficient (Wildman–Crippen LogP) is 2.11. The van der Waals surface area contributed by atoms with Gasteiger partial charge < -0.3 is 10.1 Å². The summed E-state index contributed by atoms with van der Waals surface area (Å²) >= 11 is 2.64. The molecular weight excluding hydrogens is 300 g/mol. The summed E-state index contributed by atoms with van der Waals surface area (Å²) in [4.78, 5) is 22.6. The van der Waals surface area contributed by atoms with Crippen molar-refractivity contribution in [3.05, 3.63) is 0 Å². The fourth-order valence-corrected chi connectivity index (χ4v) is 3.08. The van der Waals surface area contributed by atoms with Gasteiger partial charge in [-0.2, -0.15) is 0 Å². The van der Waals surface area contributed by atoms with Crippen molar-refractivity contribution in [2.24, 2.45) is 0 Å². The quantitative estimate of drug-likeness (QED) is 0.587. The molecule has 0 aromatic carbocycles. The van der Waals surface area contributed by atoms with Crippen molar-refractivity contribution in [2.45, 2.75) is 36.3 Å². The Morgan fingerprint density at radius 2 is 2.20 bits per heavy atom. The lowest BCUT2D eigenvalue weighted by molar-refractivity contribution is -0.119. The second kappa shape index (κ2) is 8.75. The zero-order valence-electron chi connectivity index (χ0n) is 11.6. The van der Waals surface area contributed by atoms with Crippen molar-refractivity contribution in [2.75, 3.05) is 19.0 Å². The van der Waals surface area contributed by atoms with E-state index in [1.807, 2.05) is 0 Å². The number of rotatable bonds is 7. The first-order chi connectivity index (χ1) is 9.56. The molecule has 1 atom stereocenters. The second-order valence-electron chi connectivity index (χ2n) is 3.89. The molecule has 0 spiro atoms. The van der Waals surface area contributed by atoms with Gasteiger partial charge in [-0.3, -0.25) is 10.1 Å². The fourth-order valence-electron chi connectivity index (χ4n) is 1.16. The van der Waals surface area contributed by atoms with E-state index < -0.39 is 17.3 Å². The third-order valence-electron chi connectivity index (χ3n) is 2.27. The summed E-state index contributed by atoms with van der Waals surface area (Å²) in [5, 5.41) is 13.5. The molecule has 0 aliphatic heterocycles. The second-order valence-corrected chi connectivity index (χ2v) is 6.46. The summed E-state index contributed by atoms with van der Waals surface area (Å²) < 4.78 is 5.04. The van der Waals surface area contributed by atoms with Gasteiger partial charge in [0, 0.05) is 6.54 Å². The maximum absolute atomic E-state index is 11.6. The number of amides is 2. The Morgan fingerprint density at radius 1 is 1.45 bits per heavy atom. The highest BCUT2D eigenvalue weighted by atomic mass is 32.2. The molecule has 9 heteroatoms. The number of methoxy groups -OCH3 is 1. The fraction of sp³-hybridized carbons (Fsp3) is 0.636. The summed E-state index contributed by atoms with van der Waals surface area (Å²) in [6.45, 7) is 4.66. The maximum Gasteiger partial charge on any atom is 0.413 e. The van der Waals surface area contributed by atoms with Crippen LogP contribution in [0.2, 0.25) is 0 Å². The summed E-state index contributed by atoms with van der Waals surface area (Å²) in [7, 11) is 1.21. The first kappa shape index (κ1) is 16.7. The van der Waals surface area contributed by atoms with Gasteiger partial charge in [0.05, 0.1) is 12.4 Å². The van der Waals surface area contributed by atoms with Crippen molar-refractivity contribution in [3.63, 3.8) is 0 Å². The number of carbonyl (C=O) groups excluding carboxylic acids is 2. The number of ether oxygens (including phenoxy) is 1. The number of imide groups is 1. The van der Waals surface area contributed by atoms with Gasteiger partial charge in [-0.1, -0.05) is 36.4 Å². The topological polar surface area (TPSA) is 93.2 Å². The van der Waals surface area contributed by atoms with Crippen molar-refractivity contribution in [1.82, 2.24) is 15.5 Å². The Labute approximate surface area is 125 Å². The van der Waals surface area contributed by atoms with Crippen molar-refractivity contribution < 1.29 is 14.3 Å². The molecule has 0 bridgehead atoms. The first-order valence-corrected chi connectivity index (χ1v) is 7.89. The Kier molecular flexibility index (Phi) is 7.31. The molecule has 112 valence electrons. The number of anilines is 1. The van der Waals surface area contributed by atoms with Crippen molar-refractivity contribution in [1.29, 1.82) is 0 Å². The van der Waals surface area contributed by atoms with E-state index in [0.717, 1.165) is 24.5 Å². The van der Waals surface area contributed by atoms with E-state index in [1.54, 1.807) is 6.92 Å². The van der Waals surface area contributed by atoms with Crippen LogP contribution in [0.1, 0.15) is 26.7 Å². The van der Waals surface area contributed by atoms with Gasteiger partial charge in [0.1, 0.15) is 0 Å². The number of hydrogen-bond donors (Lipinski definition) is 2. The summed E-state index contributed by atoms with van der Waals surface area (Å²) in [5.74, 6) is -0.419. The minimum atomic E-state index is -0.762. The number of carbonyl (C=O) groups is 2. The van der Waals surface area contributed by atoms with Gasteiger partial charge >= 0.3 is 6.09 Å². The molecule has 1 rings (SSSR count). The highest BCUT2D eigenvalue weighted by Gasteiger charge is 2.19. The molecule has 2 N–H and O–H groups in total. The van der Waals surface area contributed by atoms with E-state index in [9.17, 15) is 9.59 Å². The Hall–Kier alpha value is -1.35. The first-order valence-electron chi connectivity index (χ1n) is 6.19. The van der Waals surface area contributed by atoms with Gasteiger partial charge in [-0.25, -0.2) is 4.79 Å². The van der Waals surface area contributed by atoms with E-state index in [0.29, 0.717) is 4.34 Å². The minimum absolute atomic E-state index is 0.419. The van der Waals surface area contributed by atoms with Crippen LogP contribution in [0.5, 0.6) is 0 Å². The number of thioether (sulfide) groups is 1. The molecule has 0 radical (unpaired) electrons. The predicted molar refractivity (Wildman–Crippen MR) is 79.2 cm³/mol. The number of nitrogens with one attached hydrogen (secondary N) is 2. The standard InChI is InChI=1S/C11H18N4O3S2/c1-4-5-6-12-9-14-15-11(20-9)19-7(2)8(16)13-10(17)18-3/h7H,4-6H2,1-3H3,(H,12,14)(H,13,16,17)/t7-/m1/s1. The zero-order chi connectivity index (χ0) is 15.0. The number of aromatic nitrogens is 2. The van der Waals surface area contributed by atoms with Crippen molar-refractivity contribution >= 4 is 40.2 Å². The van der Waals surface area contributed by atoms with Gasteiger partial charge in [0.25, 0.3) is 0 Å². The summed E-state index contributed by atoms with van der Waals surface area (Å²) in [6, 6.07) is 0. The molecule has 0 unspecified atom stereocenters. The van der Waals surface area contributed by atoms with Crippen LogP contribution in [-0.4, -0.2) is 41.1 Å². The molecule has 2 amide bonds. The molecule has 1 aromatic heterocycles. The average molecular weight is 318 g/mol. The molecular formula is C11H18N4O3S2. The van der Waals surface area contributed by atoms with E-state index in [4.69, 9.17) is 0 Å². The minimum Gasteiger partial charge on any atom is -0.453 e. The van der Waals surface area contributed by atoms with Crippen molar-refractivity contribution in [3.8, 4) is 0 Å². The van der Waals surface area contributed by atoms with Gasteiger partial charge in [0.2, 0.25) is 11.0 Å². The third kappa shape index (κ3) is 5.74. The number of alkyl carbamates (subject to hydrolysis) is 1. The number of nitrogens with zero attached hydrogens (tertiary/aromatic N) is 2. The van der Waals surface area contributed by atoms with Gasteiger partial charge in [-0.15, -0.1) is 10.2 Å². The molecule has 0 saturated heterocycles. The van der Waals surface area contributed by atoms with Crippen LogP contribution in [0.3, 0.4) is 0 Å².